The van der Waals surface area contributed by atoms with E-state index in [-0.39, 0.29) is 18.1 Å². The molecule has 0 spiro atoms. The summed E-state index contributed by atoms with van der Waals surface area (Å²) < 4.78 is 5.06. The SMILES string of the molecule is CSc1ccc(C(=O)COC(=O)CSc2cnc3ccccc3n2)cc1. The summed E-state index contributed by atoms with van der Waals surface area (Å²) in [6.07, 6.45) is 3.59. The van der Waals surface area contributed by atoms with Crippen LogP contribution in [0.3, 0.4) is 0 Å². The minimum atomic E-state index is -0.459. The van der Waals surface area contributed by atoms with Gasteiger partial charge >= 0.3 is 5.97 Å². The smallest absolute Gasteiger partial charge is 0.316 e. The molecule has 2 aromatic carbocycles. The number of carbonyl (C=O) groups excluding carboxylic acids is 2. The molecule has 0 aliphatic carbocycles. The highest BCUT2D eigenvalue weighted by Crippen LogP contribution is 2.18. The zero-order valence-electron chi connectivity index (χ0n) is 14.0. The molecule has 3 aromatic rings. The maximum absolute atomic E-state index is 12.1. The van der Waals surface area contributed by atoms with Crippen molar-refractivity contribution in [2.75, 3.05) is 18.6 Å². The zero-order chi connectivity index (χ0) is 18.4. The maximum atomic E-state index is 12.1. The number of fused-ring (bicyclic) bond motifs is 1. The van der Waals surface area contributed by atoms with E-state index >= 15 is 0 Å². The number of benzene rings is 2. The number of Topliss-reactive ketones (excluding diaryl/α,β-unsaturated/α-hetero) is 1. The van der Waals surface area contributed by atoms with Crippen molar-refractivity contribution in [1.29, 1.82) is 0 Å². The second kappa shape index (κ2) is 8.82. The molecule has 0 bridgehead atoms. The zero-order valence-corrected chi connectivity index (χ0v) is 15.7. The summed E-state index contributed by atoms with van der Waals surface area (Å²) in [4.78, 5) is 33.7. The van der Waals surface area contributed by atoms with Gasteiger partial charge in [-0.25, -0.2) is 4.98 Å². The van der Waals surface area contributed by atoms with Crippen LogP contribution in [0.5, 0.6) is 0 Å². The number of carbonyl (C=O) groups is 2. The van der Waals surface area contributed by atoms with Crippen molar-refractivity contribution in [3.05, 3.63) is 60.3 Å². The van der Waals surface area contributed by atoms with Gasteiger partial charge in [0.1, 0.15) is 5.03 Å². The predicted octanol–water partition coefficient (Wildman–Crippen LogP) is 3.87. The Morgan fingerprint density at radius 3 is 2.50 bits per heavy atom. The van der Waals surface area contributed by atoms with Crippen molar-refractivity contribution < 1.29 is 14.3 Å². The average Bonchev–Trinajstić information content (AvgIpc) is 2.70. The molecule has 1 heterocycles. The summed E-state index contributed by atoms with van der Waals surface area (Å²) in [6.45, 7) is -0.262. The monoisotopic (exact) mass is 384 g/mol. The summed E-state index contributed by atoms with van der Waals surface area (Å²) in [5.41, 5.74) is 2.11. The van der Waals surface area contributed by atoms with Crippen LogP contribution in [0.2, 0.25) is 0 Å². The van der Waals surface area contributed by atoms with E-state index in [1.807, 2.05) is 42.7 Å². The summed E-state index contributed by atoms with van der Waals surface area (Å²) >= 11 is 2.84. The van der Waals surface area contributed by atoms with Crippen molar-refractivity contribution >= 4 is 46.3 Å². The number of esters is 1. The van der Waals surface area contributed by atoms with E-state index in [0.717, 1.165) is 15.9 Å². The lowest BCUT2D eigenvalue weighted by molar-refractivity contribution is -0.139. The average molecular weight is 384 g/mol. The molecule has 0 saturated carbocycles. The second-order valence-electron chi connectivity index (χ2n) is 5.30. The number of hydrogen-bond acceptors (Lipinski definition) is 7. The summed E-state index contributed by atoms with van der Waals surface area (Å²) in [6, 6.07) is 14.7. The minimum absolute atomic E-state index is 0.0751. The number of ketones is 1. The van der Waals surface area contributed by atoms with Crippen LogP contribution in [0.1, 0.15) is 10.4 Å². The molecule has 0 N–H and O–H groups in total. The van der Waals surface area contributed by atoms with Gasteiger partial charge in [0.05, 0.1) is 23.0 Å². The molecule has 132 valence electrons. The highest BCUT2D eigenvalue weighted by molar-refractivity contribution is 7.99. The normalized spacial score (nSPS) is 10.7. The molecule has 26 heavy (non-hydrogen) atoms. The summed E-state index contributed by atoms with van der Waals surface area (Å²) in [5.74, 6) is -0.605. The van der Waals surface area contributed by atoms with Crippen LogP contribution in [-0.2, 0) is 9.53 Å². The van der Waals surface area contributed by atoms with Gasteiger partial charge in [-0.2, -0.15) is 0 Å². The van der Waals surface area contributed by atoms with Gasteiger partial charge in [-0.3, -0.25) is 14.6 Å². The lowest BCUT2D eigenvalue weighted by Gasteiger charge is -2.05. The third-order valence-corrected chi connectivity index (χ3v) is 5.16. The van der Waals surface area contributed by atoms with Gasteiger partial charge in [0.15, 0.2) is 12.4 Å². The van der Waals surface area contributed by atoms with Crippen molar-refractivity contribution in [2.45, 2.75) is 9.92 Å². The quantitative estimate of drug-likeness (QED) is 0.348. The molecule has 0 amide bonds. The van der Waals surface area contributed by atoms with E-state index in [1.165, 1.54) is 11.8 Å². The molecule has 0 fully saturated rings. The lowest BCUT2D eigenvalue weighted by Crippen LogP contribution is -2.15. The summed E-state index contributed by atoms with van der Waals surface area (Å²) in [5, 5.41) is 0.639. The van der Waals surface area contributed by atoms with Crippen molar-refractivity contribution in [3.8, 4) is 0 Å². The first-order chi connectivity index (χ1) is 12.7. The van der Waals surface area contributed by atoms with E-state index in [0.29, 0.717) is 10.6 Å². The van der Waals surface area contributed by atoms with E-state index in [2.05, 4.69) is 9.97 Å². The van der Waals surface area contributed by atoms with Gasteiger partial charge in [-0.05, 0) is 30.5 Å². The van der Waals surface area contributed by atoms with E-state index < -0.39 is 5.97 Å². The molecule has 0 aliphatic heterocycles. The highest BCUT2D eigenvalue weighted by Gasteiger charge is 2.11. The number of ether oxygens (including phenoxy) is 1. The molecular weight excluding hydrogens is 368 g/mol. The van der Waals surface area contributed by atoms with Crippen LogP contribution in [-0.4, -0.2) is 40.3 Å². The number of thioether (sulfide) groups is 2. The Bertz CT molecular complexity index is 929. The van der Waals surface area contributed by atoms with E-state index in [4.69, 9.17) is 4.74 Å². The topological polar surface area (TPSA) is 69.2 Å². The standard InChI is InChI=1S/C19H16N2O3S2/c1-25-14-8-6-13(7-9-14)17(22)11-24-19(23)12-26-18-10-20-15-4-2-3-5-16(15)21-18/h2-10H,11-12H2,1H3. The first-order valence-electron chi connectivity index (χ1n) is 7.83. The molecule has 7 heteroatoms. The fourth-order valence-electron chi connectivity index (χ4n) is 2.19. The van der Waals surface area contributed by atoms with Crippen LogP contribution in [0.4, 0.5) is 0 Å². The first-order valence-corrected chi connectivity index (χ1v) is 10.0. The second-order valence-corrected chi connectivity index (χ2v) is 7.17. The van der Waals surface area contributed by atoms with Crippen LogP contribution < -0.4 is 0 Å². The van der Waals surface area contributed by atoms with Gasteiger partial charge < -0.3 is 4.74 Å². The number of para-hydroxylation sites is 2. The highest BCUT2D eigenvalue weighted by atomic mass is 32.2. The van der Waals surface area contributed by atoms with Crippen LogP contribution >= 0.6 is 23.5 Å². The van der Waals surface area contributed by atoms with Gasteiger partial charge in [0.25, 0.3) is 0 Å². The van der Waals surface area contributed by atoms with Crippen molar-refractivity contribution in [1.82, 2.24) is 9.97 Å². The first kappa shape index (κ1) is 18.4. The Kier molecular flexibility index (Phi) is 6.25. The fourth-order valence-corrected chi connectivity index (χ4v) is 3.24. The van der Waals surface area contributed by atoms with Gasteiger partial charge in [-0.15, -0.1) is 11.8 Å². The predicted molar refractivity (Wildman–Crippen MR) is 104 cm³/mol. The Balaban J connectivity index is 1.49. The van der Waals surface area contributed by atoms with Crippen LogP contribution in [0.15, 0.2) is 64.6 Å². The number of nitrogens with zero attached hydrogens (tertiary/aromatic N) is 2. The van der Waals surface area contributed by atoms with Gasteiger partial charge in [0, 0.05) is 10.5 Å². The van der Waals surface area contributed by atoms with Gasteiger partial charge in [0.2, 0.25) is 0 Å². The molecular formula is C19H16N2O3S2. The van der Waals surface area contributed by atoms with Gasteiger partial charge in [-0.1, -0.05) is 36.0 Å². The maximum Gasteiger partial charge on any atom is 0.316 e. The molecule has 0 aliphatic rings. The van der Waals surface area contributed by atoms with Crippen molar-refractivity contribution in [2.24, 2.45) is 0 Å². The molecule has 0 saturated heterocycles. The largest absolute Gasteiger partial charge is 0.457 e. The van der Waals surface area contributed by atoms with Crippen molar-refractivity contribution in [3.63, 3.8) is 0 Å². The third kappa shape index (κ3) is 4.83. The lowest BCUT2D eigenvalue weighted by atomic mass is 10.1. The molecule has 3 rings (SSSR count). The fraction of sp³-hybridized carbons (Fsp3) is 0.158. The van der Waals surface area contributed by atoms with Crippen LogP contribution in [0, 0.1) is 0 Å². The molecule has 0 atom stereocenters. The van der Waals surface area contributed by atoms with Crippen LogP contribution in [0.25, 0.3) is 11.0 Å². The number of aromatic nitrogens is 2. The molecule has 0 radical (unpaired) electrons. The van der Waals surface area contributed by atoms with E-state index in [9.17, 15) is 9.59 Å². The molecule has 0 unspecified atom stereocenters. The summed E-state index contributed by atoms with van der Waals surface area (Å²) in [7, 11) is 0. The Hall–Kier alpha value is -2.38. The Labute approximate surface area is 159 Å². The minimum Gasteiger partial charge on any atom is -0.457 e. The molecule has 5 nitrogen and oxygen atoms in total. The number of hydrogen-bond donors (Lipinski definition) is 0. The Morgan fingerprint density at radius 1 is 1.04 bits per heavy atom. The Morgan fingerprint density at radius 2 is 1.77 bits per heavy atom. The third-order valence-electron chi connectivity index (χ3n) is 3.54. The molecule has 1 aromatic heterocycles. The number of rotatable bonds is 7. The van der Waals surface area contributed by atoms with E-state index in [1.54, 1.807) is 30.1 Å².